The van der Waals surface area contributed by atoms with Crippen LogP contribution in [0.3, 0.4) is 0 Å². The van der Waals surface area contributed by atoms with E-state index in [1.165, 1.54) is 38.5 Å². The minimum absolute atomic E-state index is 0.0348. The van der Waals surface area contributed by atoms with Crippen molar-refractivity contribution in [1.82, 2.24) is 10.6 Å². The lowest BCUT2D eigenvalue weighted by Crippen LogP contribution is -2.52. The van der Waals surface area contributed by atoms with Crippen LogP contribution in [0.4, 0.5) is 4.79 Å². The Morgan fingerprint density at radius 1 is 1.06 bits per heavy atom. The van der Waals surface area contributed by atoms with E-state index < -0.39 is 0 Å². The average Bonchev–Trinajstić information content (AvgIpc) is 2.32. The molecule has 4 saturated carbocycles. The lowest BCUT2D eigenvalue weighted by atomic mass is 9.49. The summed E-state index contributed by atoms with van der Waals surface area (Å²) in [4.78, 5) is 11.7. The smallest absolute Gasteiger partial charge is 0.314 e. The molecule has 0 aromatic heterocycles. The van der Waals surface area contributed by atoms with Crippen molar-refractivity contribution in [3.63, 3.8) is 0 Å². The predicted octanol–water partition coefficient (Wildman–Crippen LogP) is 2.91. The molecule has 0 spiro atoms. The summed E-state index contributed by atoms with van der Waals surface area (Å²) >= 11 is 0. The monoisotopic (exact) mass is 250 g/mol. The summed E-state index contributed by atoms with van der Waals surface area (Å²) in [7, 11) is 0. The Kier molecular flexibility index (Phi) is 3.25. The molecule has 4 aliphatic rings. The summed E-state index contributed by atoms with van der Waals surface area (Å²) in [6, 6.07) is 0.0348. The number of nitrogens with one attached hydrogen (secondary N) is 2. The van der Waals surface area contributed by atoms with Gasteiger partial charge in [0.15, 0.2) is 0 Å². The molecule has 4 aliphatic carbocycles. The molecule has 4 bridgehead atoms. The molecular weight excluding hydrogens is 224 g/mol. The molecule has 0 aromatic carbocycles. The summed E-state index contributed by atoms with van der Waals surface area (Å²) < 4.78 is 0. The Morgan fingerprint density at radius 3 is 2.11 bits per heavy atom. The quantitative estimate of drug-likeness (QED) is 0.791. The van der Waals surface area contributed by atoms with Gasteiger partial charge >= 0.3 is 6.03 Å². The van der Waals surface area contributed by atoms with E-state index in [-0.39, 0.29) is 6.03 Å². The number of hydrogen-bond acceptors (Lipinski definition) is 1. The fraction of sp³-hybridized carbons (Fsp3) is 0.933. The third kappa shape index (κ3) is 2.36. The Bertz CT molecular complexity index is 291. The van der Waals surface area contributed by atoms with Crippen molar-refractivity contribution in [1.29, 1.82) is 0 Å². The normalized spacial score (nSPS) is 40.8. The molecule has 0 radical (unpaired) electrons. The van der Waals surface area contributed by atoms with Crippen LogP contribution in [-0.2, 0) is 0 Å². The zero-order valence-corrected chi connectivity index (χ0v) is 11.5. The molecule has 0 aliphatic heterocycles. The third-order valence-corrected chi connectivity index (χ3v) is 5.32. The van der Waals surface area contributed by atoms with Gasteiger partial charge in [0.05, 0.1) is 0 Å². The number of amides is 2. The Morgan fingerprint density at radius 2 is 1.61 bits per heavy atom. The summed E-state index contributed by atoms with van der Waals surface area (Å²) in [6.07, 6.45) is 9.53. The van der Waals surface area contributed by atoms with Crippen LogP contribution in [0, 0.1) is 23.2 Å². The maximum absolute atomic E-state index is 11.7. The number of carbonyl (C=O) groups excluding carboxylic acids is 1. The van der Waals surface area contributed by atoms with Crippen LogP contribution < -0.4 is 10.6 Å². The highest BCUT2D eigenvalue weighted by molar-refractivity contribution is 5.73. The minimum Gasteiger partial charge on any atom is -0.338 e. The van der Waals surface area contributed by atoms with Gasteiger partial charge in [-0.15, -0.1) is 0 Å². The number of urea groups is 1. The third-order valence-electron chi connectivity index (χ3n) is 5.32. The molecule has 0 atom stereocenters. The van der Waals surface area contributed by atoms with Crippen LogP contribution in [0.25, 0.3) is 0 Å². The fourth-order valence-electron chi connectivity index (χ4n) is 5.08. The lowest BCUT2D eigenvalue weighted by molar-refractivity contribution is -0.0498. The molecule has 4 rings (SSSR count). The summed E-state index contributed by atoms with van der Waals surface area (Å²) in [5.41, 5.74) is 0.457. The predicted molar refractivity (Wildman–Crippen MR) is 72.3 cm³/mol. The minimum atomic E-state index is 0.0348. The topological polar surface area (TPSA) is 41.1 Å². The molecule has 0 aromatic rings. The Balaban J connectivity index is 1.54. The first-order valence-corrected chi connectivity index (χ1v) is 7.71. The Hall–Kier alpha value is -0.730. The summed E-state index contributed by atoms with van der Waals surface area (Å²) in [5, 5.41) is 6.04. The van der Waals surface area contributed by atoms with E-state index in [2.05, 4.69) is 17.6 Å². The van der Waals surface area contributed by atoms with Crippen LogP contribution in [0.2, 0.25) is 0 Å². The van der Waals surface area contributed by atoms with Gasteiger partial charge in [-0.2, -0.15) is 0 Å². The van der Waals surface area contributed by atoms with E-state index in [0.717, 1.165) is 37.3 Å². The van der Waals surface area contributed by atoms with Crippen LogP contribution in [0.15, 0.2) is 0 Å². The van der Waals surface area contributed by atoms with E-state index in [0.29, 0.717) is 5.41 Å². The van der Waals surface area contributed by atoms with Crippen molar-refractivity contribution < 1.29 is 4.79 Å². The first kappa shape index (κ1) is 12.3. The number of carbonyl (C=O) groups is 1. The van der Waals surface area contributed by atoms with Gasteiger partial charge in [-0.1, -0.05) is 6.92 Å². The molecule has 18 heavy (non-hydrogen) atoms. The summed E-state index contributed by atoms with van der Waals surface area (Å²) in [5.74, 6) is 2.91. The zero-order valence-electron chi connectivity index (χ0n) is 11.5. The molecule has 2 amide bonds. The first-order valence-electron chi connectivity index (χ1n) is 7.71. The molecule has 4 fully saturated rings. The van der Waals surface area contributed by atoms with Crippen LogP contribution in [-0.4, -0.2) is 19.1 Å². The Labute approximate surface area is 110 Å². The number of rotatable bonds is 4. The largest absolute Gasteiger partial charge is 0.338 e. The lowest BCUT2D eigenvalue weighted by Gasteiger charge is -2.56. The summed E-state index contributed by atoms with van der Waals surface area (Å²) in [6.45, 7) is 3.78. The molecule has 0 saturated heterocycles. The second-order valence-corrected chi connectivity index (χ2v) is 7.03. The van der Waals surface area contributed by atoms with Crippen LogP contribution in [0.1, 0.15) is 51.9 Å². The maximum atomic E-state index is 11.7. The highest BCUT2D eigenvalue weighted by atomic mass is 16.2. The van der Waals surface area contributed by atoms with Crippen LogP contribution >= 0.6 is 0 Å². The van der Waals surface area contributed by atoms with Gasteiger partial charge in [-0.3, -0.25) is 0 Å². The van der Waals surface area contributed by atoms with Crippen molar-refractivity contribution >= 4 is 6.03 Å². The van der Waals surface area contributed by atoms with Crippen molar-refractivity contribution in [2.45, 2.75) is 51.9 Å². The molecule has 0 unspecified atom stereocenters. The van der Waals surface area contributed by atoms with E-state index in [1.54, 1.807) is 0 Å². The SMILES string of the molecule is CCCNC(=O)NCC12CC3CC(CC(C3)C1)C2. The molecule has 3 nitrogen and oxygen atoms in total. The van der Waals surface area contributed by atoms with Gasteiger partial charge in [-0.25, -0.2) is 4.79 Å². The molecular formula is C15H26N2O. The van der Waals surface area contributed by atoms with Crippen molar-refractivity contribution in [2.24, 2.45) is 23.2 Å². The van der Waals surface area contributed by atoms with Gasteiger partial charge in [0, 0.05) is 13.1 Å². The standard InChI is InChI=1S/C15H26N2O/c1-2-3-16-14(18)17-10-15-7-11-4-12(8-15)6-13(5-11)9-15/h11-13H,2-10H2,1H3,(H2,16,17,18). The molecule has 2 N–H and O–H groups in total. The molecule has 102 valence electrons. The van der Waals surface area contributed by atoms with Crippen molar-refractivity contribution in [2.75, 3.05) is 13.1 Å². The molecule has 0 heterocycles. The van der Waals surface area contributed by atoms with Gasteiger partial charge < -0.3 is 10.6 Å². The van der Waals surface area contributed by atoms with E-state index in [4.69, 9.17) is 0 Å². The van der Waals surface area contributed by atoms with Gasteiger partial charge in [0.1, 0.15) is 0 Å². The fourth-order valence-corrected chi connectivity index (χ4v) is 5.08. The van der Waals surface area contributed by atoms with Crippen LogP contribution in [0.5, 0.6) is 0 Å². The average molecular weight is 250 g/mol. The van der Waals surface area contributed by atoms with Crippen molar-refractivity contribution in [3.8, 4) is 0 Å². The second kappa shape index (κ2) is 4.75. The number of hydrogen-bond donors (Lipinski definition) is 2. The van der Waals surface area contributed by atoms with Gasteiger partial charge in [-0.05, 0) is 68.1 Å². The maximum Gasteiger partial charge on any atom is 0.314 e. The highest BCUT2D eigenvalue weighted by Gasteiger charge is 2.50. The van der Waals surface area contributed by atoms with E-state index in [1.807, 2.05) is 0 Å². The molecule has 3 heteroatoms. The highest BCUT2D eigenvalue weighted by Crippen LogP contribution is 2.59. The second-order valence-electron chi connectivity index (χ2n) is 7.03. The van der Waals surface area contributed by atoms with E-state index in [9.17, 15) is 4.79 Å². The van der Waals surface area contributed by atoms with Gasteiger partial charge in [0.2, 0.25) is 0 Å². The van der Waals surface area contributed by atoms with Crippen molar-refractivity contribution in [3.05, 3.63) is 0 Å². The first-order chi connectivity index (χ1) is 8.69. The zero-order chi connectivity index (χ0) is 12.6. The van der Waals surface area contributed by atoms with E-state index >= 15 is 0 Å². The van der Waals surface area contributed by atoms with Gasteiger partial charge in [0.25, 0.3) is 0 Å².